The number of fused-ring (bicyclic) bond motifs is 1. The number of carbonyl (C=O) groups is 5. The molecule has 2 fully saturated rings. The van der Waals surface area contributed by atoms with E-state index in [4.69, 9.17) is 4.74 Å². The van der Waals surface area contributed by atoms with Gasteiger partial charge < -0.3 is 10.1 Å². The van der Waals surface area contributed by atoms with Gasteiger partial charge in [-0.15, -0.1) is 0 Å². The first-order valence-corrected chi connectivity index (χ1v) is 10.8. The maximum Gasteiger partial charge on any atom is 0.309 e. The van der Waals surface area contributed by atoms with Crippen LogP contribution in [0.2, 0.25) is 0 Å². The molecule has 4 amide bonds. The molecule has 9 nitrogen and oxygen atoms in total. The van der Waals surface area contributed by atoms with E-state index in [-0.39, 0.29) is 41.9 Å². The Morgan fingerprint density at radius 2 is 1.81 bits per heavy atom. The lowest BCUT2D eigenvalue weighted by atomic mass is 9.80. The molecule has 1 unspecified atom stereocenters. The van der Waals surface area contributed by atoms with Gasteiger partial charge in [-0.05, 0) is 57.7 Å². The Hall–Kier alpha value is -3.07. The lowest BCUT2D eigenvalue weighted by Gasteiger charge is -2.36. The molecule has 2 heterocycles. The number of ether oxygens (including phenoxy) is 1. The molecule has 4 rings (SSSR count). The van der Waals surface area contributed by atoms with Crippen LogP contribution in [0.4, 0.5) is 0 Å². The number of nitrogens with zero attached hydrogens (tertiary/aromatic N) is 1. The third kappa shape index (κ3) is 4.29. The van der Waals surface area contributed by atoms with E-state index in [1.807, 2.05) is 20.8 Å². The van der Waals surface area contributed by atoms with Crippen molar-refractivity contribution < 1.29 is 28.7 Å². The SMILES string of the molecule is CC(C)(C)OC(=O)C1CC(NCc2ccc3c(c2)C(=O)N(C2CCC(=O)NC2=O)C3=O)C1. The Morgan fingerprint density at radius 1 is 1.12 bits per heavy atom. The first kappa shape index (κ1) is 22.1. The Morgan fingerprint density at radius 3 is 2.47 bits per heavy atom. The summed E-state index contributed by atoms with van der Waals surface area (Å²) in [7, 11) is 0. The third-order valence-electron chi connectivity index (χ3n) is 5.98. The van der Waals surface area contributed by atoms with Gasteiger partial charge in [-0.2, -0.15) is 0 Å². The minimum Gasteiger partial charge on any atom is -0.460 e. The van der Waals surface area contributed by atoms with Crippen molar-refractivity contribution in [3.63, 3.8) is 0 Å². The number of piperidine rings is 1. The zero-order chi connectivity index (χ0) is 23.2. The molecule has 0 radical (unpaired) electrons. The first-order valence-electron chi connectivity index (χ1n) is 10.8. The van der Waals surface area contributed by atoms with E-state index in [0.29, 0.717) is 19.4 Å². The summed E-state index contributed by atoms with van der Waals surface area (Å²) in [5, 5.41) is 5.56. The van der Waals surface area contributed by atoms with Crippen LogP contribution in [0.1, 0.15) is 72.7 Å². The van der Waals surface area contributed by atoms with Crippen LogP contribution < -0.4 is 10.6 Å². The van der Waals surface area contributed by atoms with Gasteiger partial charge in [0.05, 0.1) is 17.0 Å². The average molecular weight is 441 g/mol. The number of hydrogen-bond donors (Lipinski definition) is 2. The number of imide groups is 2. The van der Waals surface area contributed by atoms with Crippen LogP contribution in [0, 0.1) is 5.92 Å². The predicted octanol–water partition coefficient (Wildman–Crippen LogP) is 1.30. The van der Waals surface area contributed by atoms with Crippen LogP contribution in [-0.4, -0.2) is 52.2 Å². The van der Waals surface area contributed by atoms with E-state index in [0.717, 1.165) is 10.5 Å². The molecule has 0 bridgehead atoms. The lowest BCUT2D eigenvalue weighted by Crippen LogP contribution is -2.54. The molecule has 1 atom stereocenters. The van der Waals surface area contributed by atoms with E-state index in [9.17, 15) is 24.0 Å². The monoisotopic (exact) mass is 441 g/mol. The molecule has 1 aromatic rings. The molecule has 1 aromatic carbocycles. The van der Waals surface area contributed by atoms with Crippen molar-refractivity contribution in [1.82, 2.24) is 15.5 Å². The molecule has 3 aliphatic rings. The maximum absolute atomic E-state index is 12.9. The minimum atomic E-state index is -0.971. The number of benzene rings is 1. The quantitative estimate of drug-likeness (QED) is 0.522. The van der Waals surface area contributed by atoms with E-state index in [1.54, 1.807) is 18.2 Å². The molecule has 1 saturated heterocycles. The van der Waals surface area contributed by atoms with Gasteiger partial charge in [0.25, 0.3) is 11.8 Å². The Balaban J connectivity index is 1.35. The van der Waals surface area contributed by atoms with Gasteiger partial charge in [0, 0.05) is 19.0 Å². The topological polar surface area (TPSA) is 122 Å². The molecular weight excluding hydrogens is 414 g/mol. The molecule has 9 heteroatoms. The number of rotatable bonds is 5. The standard InChI is InChI=1S/C23H27N3O6/c1-23(2,3)32-22(31)13-9-14(10-13)24-11-12-4-5-15-16(8-12)21(30)26(20(15)29)17-6-7-18(27)25-19(17)28/h4-5,8,13-14,17,24H,6-7,9-11H2,1-3H3,(H,25,27,28). The molecule has 2 aliphatic heterocycles. The Bertz CT molecular complexity index is 1010. The number of nitrogens with one attached hydrogen (secondary N) is 2. The molecule has 0 spiro atoms. The van der Waals surface area contributed by atoms with Crippen molar-refractivity contribution in [2.45, 2.75) is 70.7 Å². The largest absolute Gasteiger partial charge is 0.460 e. The van der Waals surface area contributed by atoms with E-state index in [2.05, 4.69) is 10.6 Å². The van der Waals surface area contributed by atoms with Crippen LogP contribution in [0.25, 0.3) is 0 Å². The maximum atomic E-state index is 12.9. The summed E-state index contributed by atoms with van der Waals surface area (Å²) in [4.78, 5) is 62.2. The van der Waals surface area contributed by atoms with Crippen LogP contribution in [0.15, 0.2) is 18.2 Å². The Labute approximate surface area is 185 Å². The molecule has 1 saturated carbocycles. The number of amides is 4. The summed E-state index contributed by atoms with van der Waals surface area (Å²) in [6.45, 7) is 6.03. The average Bonchev–Trinajstić information content (AvgIpc) is 2.90. The van der Waals surface area contributed by atoms with Gasteiger partial charge in [0.15, 0.2) is 0 Å². The van der Waals surface area contributed by atoms with Crippen LogP contribution in [0.3, 0.4) is 0 Å². The molecule has 1 aliphatic carbocycles. The molecule has 0 aromatic heterocycles. The molecule has 170 valence electrons. The molecular formula is C23H27N3O6. The number of esters is 1. The second-order valence-corrected chi connectivity index (χ2v) is 9.61. The zero-order valence-electron chi connectivity index (χ0n) is 18.4. The van der Waals surface area contributed by atoms with Crippen molar-refractivity contribution in [3.05, 3.63) is 34.9 Å². The van der Waals surface area contributed by atoms with Crippen molar-refractivity contribution in [1.29, 1.82) is 0 Å². The van der Waals surface area contributed by atoms with E-state index >= 15 is 0 Å². The summed E-state index contributed by atoms with van der Waals surface area (Å²) in [6.07, 6.45) is 1.61. The fourth-order valence-corrected chi connectivity index (χ4v) is 4.25. The van der Waals surface area contributed by atoms with Gasteiger partial charge in [0.1, 0.15) is 11.6 Å². The van der Waals surface area contributed by atoms with Crippen molar-refractivity contribution >= 4 is 29.6 Å². The second-order valence-electron chi connectivity index (χ2n) is 9.61. The summed E-state index contributed by atoms with van der Waals surface area (Å²) in [5.41, 5.74) is 0.859. The number of carbonyl (C=O) groups excluding carboxylic acids is 5. The van der Waals surface area contributed by atoms with Crippen molar-refractivity contribution in [3.8, 4) is 0 Å². The molecule has 2 N–H and O–H groups in total. The highest BCUT2D eigenvalue weighted by molar-refractivity contribution is 6.23. The van der Waals surface area contributed by atoms with Gasteiger partial charge in [-0.3, -0.25) is 34.2 Å². The summed E-state index contributed by atoms with van der Waals surface area (Å²) in [5.74, 6) is -2.34. The highest BCUT2D eigenvalue weighted by atomic mass is 16.6. The van der Waals surface area contributed by atoms with E-state index in [1.165, 1.54) is 0 Å². The first-order chi connectivity index (χ1) is 15.0. The normalized spacial score (nSPS) is 25.3. The lowest BCUT2D eigenvalue weighted by molar-refractivity contribution is -0.163. The summed E-state index contributed by atoms with van der Waals surface area (Å²) < 4.78 is 5.41. The van der Waals surface area contributed by atoms with Crippen LogP contribution >= 0.6 is 0 Å². The van der Waals surface area contributed by atoms with Gasteiger partial charge in [-0.25, -0.2) is 0 Å². The zero-order valence-corrected chi connectivity index (χ0v) is 18.4. The van der Waals surface area contributed by atoms with E-state index < -0.39 is 35.3 Å². The molecule has 32 heavy (non-hydrogen) atoms. The highest BCUT2D eigenvalue weighted by Gasteiger charge is 2.44. The van der Waals surface area contributed by atoms with Crippen LogP contribution in [0.5, 0.6) is 0 Å². The van der Waals surface area contributed by atoms with Crippen molar-refractivity contribution in [2.75, 3.05) is 0 Å². The number of hydrogen-bond acceptors (Lipinski definition) is 7. The highest BCUT2D eigenvalue weighted by Crippen LogP contribution is 2.31. The second kappa shape index (κ2) is 8.12. The van der Waals surface area contributed by atoms with Gasteiger partial charge in [-0.1, -0.05) is 6.07 Å². The van der Waals surface area contributed by atoms with Gasteiger partial charge in [0.2, 0.25) is 11.8 Å². The van der Waals surface area contributed by atoms with Crippen LogP contribution in [-0.2, 0) is 25.7 Å². The fraction of sp³-hybridized carbons (Fsp3) is 0.522. The third-order valence-corrected chi connectivity index (χ3v) is 5.98. The fourth-order valence-electron chi connectivity index (χ4n) is 4.25. The predicted molar refractivity (Wildman–Crippen MR) is 112 cm³/mol. The summed E-state index contributed by atoms with van der Waals surface area (Å²) >= 11 is 0. The smallest absolute Gasteiger partial charge is 0.309 e. The Kier molecular flexibility index (Phi) is 5.62. The van der Waals surface area contributed by atoms with Crippen molar-refractivity contribution in [2.24, 2.45) is 5.92 Å². The van der Waals surface area contributed by atoms with Gasteiger partial charge >= 0.3 is 5.97 Å². The summed E-state index contributed by atoms with van der Waals surface area (Å²) in [6, 6.07) is 4.25. The minimum absolute atomic E-state index is 0.0880.